The molecule has 0 aliphatic carbocycles. The standard InChI is InChI=1S/C10H10F3N/c1-5(2)10(14)6-3-7(11)9(13)8(12)4-6/h3-4,10H,1,14H2,2H3. The highest BCUT2D eigenvalue weighted by molar-refractivity contribution is 5.27. The summed E-state index contributed by atoms with van der Waals surface area (Å²) in [6.45, 7) is 5.18. The number of nitrogens with two attached hydrogens (primary N) is 1. The normalized spacial score (nSPS) is 12.6. The van der Waals surface area contributed by atoms with Gasteiger partial charge in [-0.1, -0.05) is 12.2 Å². The summed E-state index contributed by atoms with van der Waals surface area (Å²) >= 11 is 0. The second-order valence-electron chi connectivity index (χ2n) is 3.12. The van der Waals surface area contributed by atoms with Gasteiger partial charge in [0.1, 0.15) is 0 Å². The van der Waals surface area contributed by atoms with E-state index in [0.29, 0.717) is 5.57 Å². The third-order valence-corrected chi connectivity index (χ3v) is 1.90. The van der Waals surface area contributed by atoms with Crippen LogP contribution in [-0.4, -0.2) is 0 Å². The Morgan fingerprint density at radius 3 is 2.07 bits per heavy atom. The predicted molar refractivity (Wildman–Crippen MR) is 48.1 cm³/mol. The van der Waals surface area contributed by atoms with Crippen molar-refractivity contribution in [3.05, 3.63) is 47.3 Å². The maximum Gasteiger partial charge on any atom is 0.194 e. The monoisotopic (exact) mass is 201 g/mol. The summed E-state index contributed by atoms with van der Waals surface area (Å²) in [4.78, 5) is 0. The summed E-state index contributed by atoms with van der Waals surface area (Å²) in [5, 5.41) is 0. The highest BCUT2D eigenvalue weighted by atomic mass is 19.2. The number of benzene rings is 1. The molecule has 0 bridgehead atoms. The van der Waals surface area contributed by atoms with Crippen LogP contribution in [0.5, 0.6) is 0 Å². The van der Waals surface area contributed by atoms with Crippen molar-refractivity contribution < 1.29 is 13.2 Å². The molecule has 1 aromatic rings. The van der Waals surface area contributed by atoms with E-state index in [9.17, 15) is 13.2 Å². The summed E-state index contributed by atoms with van der Waals surface area (Å²) in [7, 11) is 0. The second-order valence-corrected chi connectivity index (χ2v) is 3.12. The molecule has 0 radical (unpaired) electrons. The number of halogens is 3. The van der Waals surface area contributed by atoms with Gasteiger partial charge in [0.2, 0.25) is 0 Å². The fourth-order valence-corrected chi connectivity index (χ4v) is 1.04. The van der Waals surface area contributed by atoms with Crippen molar-refractivity contribution in [3.8, 4) is 0 Å². The molecule has 4 heteroatoms. The van der Waals surface area contributed by atoms with Gasteiger partial charge in [-0.15, -0.1) is 0 Å². The molecule has 0 heterocycles. The van der Waals surface area contributed by atoms with Gasteiger partial charge in [-0.25, -0.2) is 13.2 Å². The summed E-state index contributed by atoms with van der Waals surface area (Å²) in [5.74, 6) is -3.96. The van der Waals surface area contributed by atoms with Gasteiger partial charge in [-0.05, 0) is 24.6 Å². The third-order valence-electron chi connectivity index (χ3n) is 1.90. The minimum absolute atomic E-state index is 0.175. The van der Waals surface area contributed by atoms with Gasteiger partial charge in [0, 0.05) is 0 Å². The lowest BCUT2D eigenvalue weighted by Crippen LogP contribution is -2.12. The Hall–Kier alpha value is -1.29. The second kappa shape index (κ2) is 3.84. The molecular weight excluding hydrogens is 191 g/mol. The Morgan fingerprint density at radius 2 is 1.71 bits per heavy atom. The van der Waals surface area contributed by atoms with Crippen LogP contribution in [0.1, 0.15) is 18.5 Å². The van der Waals surface area contributed by atoms with Crippen molar-refractivity contribution in [2.75, 3.05) is 0 Å². The molecule has 0 saturated heterocycles. The lowest BCUT2D eigenvalue weighted by Gasteiger charge is -2.11. The number of hydrogen-bond donors (Lipinski definition) is 1. The van der Waals surface area contributed by atoms with Gasteiger partial charge >= 0.3 is 0 Å². The first-order valence-electron chi connectivity index (χ1n) is 3.99. The van der Waals surface area contributed by atoms with Crippen LogP contribution < -0.4 is 5.73 Å². The average Bonchev–Trinajstić information content (AvgIpc) is 2.12. The largest absolute Gasteiger partial charge is 0.321 e. The van der Waals surface area contributed by atoms with Crippen LogP contribution in [-0.2, 0) is 0 Å². The highest BCUT2D eigenvalue weighted by Gasteiger charge is 2.14. The van der Waals surface area contributed by atoms with E-state index in [-0.39, 0.29) is 5.56 Å². The predicted octanol–water partition coefficient (Wildman–Crippen LogP) is 2.68. The molecule has 0 amide bonds. The van der Waals surface area contributed by atoms with Crippen LogP contribution in [0.2, 0.25) is 0 Å². The van der Waals surface area contributed by atoms with Gasteiger partial charge in [-0.3, -0.25) is 0 Å². The Kier molecular flexibility index (Phi) is 2.96. The fraction of sp³-hybridized carbons (Fsp3) is 0.200. The van der Waals surface area contributed by atoms with E-state index in [4.69, 9.17) is 5.73 Å². The summed E-state index contributed by atoms with van der Waals surface area (Å²) < 4.78 is 38.1. The molecule has 14 heavy (non-hydrogen) atoms. The van der Waals surface area contributed by atoms with E-state index >= 15 is 0 Å². The SMILES string of the molecule is C=C(C)C(N)c1cc(F)c(F)c(F)c1. The molecule has 1 aromatic carbocycles. The maximum absolute atomic E-state index is 12.8. The van der Waals surface area contributed by atoms with Gasteiger partial charge in [0.25, 0.3) is 0 Å². The Morgan fingerprint density at radius 1 is 1.29 bits per heavy atom. The lowest BCUT2D eigenvalue weighted by atomic mass is 10.0. The molecule has 0 aliphatic rings. The van der Waals surface area contributed by atoms with Crippen LogP contribution in [0.4, 0.5) is 13.2 Å². The van der Waals surface area contributed by atoms with Crippen molar-refractivity contribution in [3.63, 3.8) is 0 Å². The topological polar surface area (TPSA) is 26.0 Å². The zero-order chi connectivity index (χ0) is 10.9. The van der Waals surface area contributed by atoms with Crippen LogP contribution >= 0.6 is 0 Å². The molecule has 1 unspecified atom stereocenters. The zero-order valence-electron chi connectivity index (χ0n) is 7.65. The number of rotatable bonds is 2. The van der Waals surface area contributed by atoms with E-state index in [0.717, 1.165) is 12.1 Å². The fourth-order valence-electron chi connectivity index (χ4n) is 1.04. The van der Waals surface area contributed by atoms with E-state index in [1.165, 1.54) is 0 Å². The van der Waals surface area contributed by atoms with E-state index in [1.54, 1.807) is 6.92 Å². The Balaban J connectivity index is 3.19. The summed E-state index contributed by atoms with van der Waals surface area (Å²) in [6.07, 6.45) is 0. The van der Waals surface area contributed by atoms with Crippen molar-refractivity contribution in [1.29, 1.82) is 0 Å². The average molecular weight is 201 g/mol. The molecule has 0 spiro atoms. The zero-order valence-corrected chi connectivity index (χ0v) is 7.65. The lowest BCUT2D eigenvalue weighted by molar-refractivity contribution is 0.444. The molecule has 76 valence electrons. The molecule has 0 saturated carbocycles. The molecule has 0 fully saturated rings. The maximum atomic E-state index is 12.8. The van der Waals surface area contributed by atoms with Crippen LogP contribution in [0.25, 0.3) is 0 Å². The Bertz CT molecular complexity index is 351. The van der Waals surface area contributed by atoms with Crippen molar-refractivity contribution in [2.45, 2.75) is 13.0 Å². The molecule has 1 rings (SSSR count). The first-order chi connectivity index (χ1) is 6.43. The third kappa shape index (κ3) is 1.96. The molecule has 0 aliphatic heterocycles. The van der Waals surface area contributed by atoms with E-state index < -0.39 is 23.5 Å². The molecule has 1 atom stereocenters. The van der Waals surface area contributed by atoms with E-state index in [1.807, 2.05) is 0 Å². The van der Waals surface area contributed by atoms with Crippen molar-refractivity contribution in [1.82, 2.24) is 0 Å². The smallest absolute Gasteiger partial charge is 0.194 e. The van der Waals surface area contributed by atoms with Gasteiger partial charge < -0.3 is 5.73 Å². The first kappa shape index (κ1) is 10.8. The Labute approximate surface area is 80.0 Å². The molecule has 0 aromatic heterocycles. The van der Waals surface area contributed by atoms with Crippen LogP contribution in [0, 0.1) is 17.5 Å². The molecular formula is C10H10F3N. The van der Waals surface area contributed by atoms with Crippen molar-refractivity contribution in [2.24, 2.45) is 5.73 Å². The minimum atomic E-state index is -1.48. The quantitative estimate of drug-likeness (QED) is 0.577. The van der Waals surface area contributed by atoms with Gasteiger partial charge in [0.15, 0.2) is 17.5 Å². The van der Waals surface area contributed by atoms with Crippen LogP contribution in [0.15, 0.2) is 24.3 Å². The highest BCUT2D eigenvalue weighted by Crippen LogP contribution is 2.21. The number of hydrogen-bond acceptors (Lipinski definition) is 1. The summed E-state index contributed by atoms with van der Waals surface area (Å²) in [5.41, 5.74) is 6.30. The van der Waals surface area contributed by atoms with Gasteiger partial charge in [-0.2, -0.15) is 0 Å². The summed E-state index contributed by atoms with van der Waals surface area (Å²) in [6, 6.07) is 1.06. The molecule has 2 N–H and O–H groups in total. The molecule has 1 nitrogen and oxygen atoms in total. The minimum Gasteiger partial charge on any atom is -0.321 e. The van der Waals surface area contributed by atoms with Crippen LogP contribution in [0.3, 0.4) is 0 Å². The van der Waals surface area contributed by atoms with Gasteiger partial charge in [0.05, 0.1) is 6.04 Å². The van der Waals surface area contributed by atoms with E-state index in [2.05, 4.69) is 6.58 Å². The first-order valence-corrected chi connectivity index (χ1v) is 3.99. The van der Waals surface area contributed by atoms with Crippen molar-refractivity contribution >= 4 is 0 Å².